The summed E-state index contributed by atoms with van der Waals surface area (Å²) in [5, 5.41) is 8.57. The second-order valence-corrected chi connectivity index (χ2v) is 8.70. The number of fused-ring (bicyclic) bond motifs is 1. The van der Waals surface area contributed by atoms with Crippen LogP contribution in [-0.4, -0.2) is 84.0 Å². The number of nitrogens with zero attached hydrogens (tertiary/aromatic N) is 4. The molecule has 7 nitrogen and oxygen atoms in total. The van der Waals surface area contributed by atoms with Gasteiger partial charge in [0.05, 0.1) is 13.2 Å². The molecular weight excluding hydrogens is 366 g/mol. The van der Waals surface area contributed by atoms with E-state index in [1.54, 1.807) is 0 Å². The molecule has 3 heterocycles. The van der Waals surface area contributed by atoms with Gasteiger partial charge in [0.1, 0.15) is 0 Å². The van der Waals surface area contributed by atoms with Crippen molar-refractivity contribution in [2.75, 3.05) is 52.5 Å². The van der Waals surface area contributed by atoms with Crippen molar-refractivity contribution in [2.45, 2.75) is 64.5 Å². The van der Waals surface area contributed by atoms with Crippen LogP contribution in [-0.2, 0) is 24.1 Å². The SMILES string of the molecule is CCCn1nc(C(=O)N2CCCCC2)c2c1CCC(NCCN1CCOCC1)C2. The summed E-state index contributed by atoms with van der Waals surface area (Å²) < 4.78 is 7.56. The standard InChI is InChI=1S/C22H37N5O2/c1-2-9-27-20-7-6-18(23-8-12-25-13-15-29-16-14-25)17-19(20)21(24-27)22(28)26-10-4-3-5-11-26/h18,23H,2-17H2,1H3. The lowest BCUT2D eigenvalue weighted by Gasteiger charge is -2.29. The summed E-state index contributed by atoms with van der Waals surface area (Å²) in [4.78, 5) is 17.7. The summed E-state index contributed by atoms with van der Waals surface area (Å²) in [7, 11) is 0. The van der Waals surface area contributed by atoms with Crippen molar-refractivity contribution < 1.29 is 9.53 Å². The number of piperidine rings is 1. The van der Waals surface area contributed by atoms with Gasteiger partial charge in [-0.2, -0.15) is 5.10 Å². The van der Waals surface area contributed by atoms with E-state index in [1.807, 2.05) is 4.90 Å². The highest BCUT2D eigenvalue weighted by Gasteiger charge is 2.31. The van der Waals surface area contributed by atoms with Crippen LogP contribution in [0.5, 0.6) is 0 Å². The van der Waals surface area contributed by atoms with Gasteiger partial charge in [0.15, 0.2) is 5.69 Å². The van der Waals surface area contributed by atoms with Crippen LogP contribution in [0.1, 0.15) is 60.8 Å². The lowest BCUT2D eigenvalue weighted by Crippen LogP contribution is -2.43. The van der Waals surface area contributed by atoms with Gasteiger partial charge in [0.25, 0.3) is 5.91 Å². The number of carbonyl (C=O) groups is 1. The van der Waals surface area contributed by atoms with Gasteiger partial charge in [-0.05, 0) is 44.9 Å². The first-order valence-electron chi connectivity index (χ1n) is 11.7. The number of hydrogen-bond acceptors (Lipinski definition) is 5. The Balaban J connectivity index is 1.41. The first kappa shape index (κ1) is 20.8. The molecule has 1 amide bonds. The summed E-state index contributed by atoms with van der Waals surface area (Å²) in [6.45, 7) is 10.7. The second kappa shape index (κ2) is 10.0. The van der Waals surface area contributed by atoms with E-state index < -0.39 is 0 Å². The number of amides is 1. The molecule has 29 heavy (non-hydrogen) atoms. The number of morpholine rings is 1. The van der Waals surface area contributed by atoms with Crippen LogP contribution in [0.25, 0.3) is 0 Å². The summed E-state index contributed by atoms with van der Waals surface area (Å²) in [6.07, 6.45) is 7.60. The Bertz CT molecular complexity index is 677. The average Bonchev–Trinajstić information content (AvgIpc) is 3.13. The predicted octanol–water partition coefficient (Wildman–Crippen LogP) is 1.70. The first-order valence-corrected chi connectivity index (χ1v) is 11.7. The third kappa shape index (κ3) is 5.01. The molecule has 1 aromatic rings. The topological polar surface area (TPSA) is 62.6 Å². The molecule has 162 valence electrons. The van der Waals surface area contributed by atoms with Crippen LogP contribution >= 0.6 is 0 Å². The summed E-state index contributed by atoms with van der Waals surface area (Å²) in [6, 6.07) is 0.440. The maximum atomic E-state index is 13.2. The van der Waals surface area contributed by atoms with Gasteiger partial charge in [-0.15, -0.1) is 0 Å². The van der Waals surface area contributed by atoms with Gasteiger partial charge in [0.2, 0.25) is 0 Å². The zero-order chi connectivity index (χ0) is 20.1. The van der Waals surface area contributed by atoms with E-state index in [0.29, 0.717) is 6.04 Å². The molecule has 0 aromatic carbocycles. The quantitative estimate of drug-likeness (QED) is 0.751. The van der Waals surface area contributed by atoms with Gasteiger partial charge in [-0.25, -0.2) is 0 Å². The molecule has 0 radical (unpaired) electrons. The van der Waals surface area contributed by atoms with E-state index in [0.717, 1.165) is 103 Å². The number of carbonyl (C=O) groups excluding carboxylic acids is 1. The fourth-order valence-electron chi connectivity index (χ4n) is 4.93. The van der Waals surface area contributed by atoms with Crippen molar-refractivity contribution >= 4 is 5.91 Å². The van der Waals surface area contributed by atoms with E-state index in [1.165, 1.54) is 17.7 Å². The molecule has 0 bridgehead atoms. The van der Waals surface area contributed by atoms with Gasteiger partial charge >= 0.3 is 0 Å². The van der Waals surface area contributed by atoms with Crippen LogP contribution < -0.4 is 5.32 Å². The van der Waals surface area contributed by atoms with E-state index >= 15 is 0 Å². The van der Waals surface area contributed by atoms with Crippen LogP contribution in [0.3, 0.4) is 0 Å². The molecule has 2 aliphatic heterocycles. The summed E-state index contributed by atoms with van der Waals surface area (Å²) >= 11 is 0. The Labute approximate surface area is 174 Å². The molecule has 1 unspecified atom stereocenters. The van der Waals surface area contributed by atoms with Crippen molar-refractivity contribution in [1.29, 1.82) is 0 Å². The molecule has 1 atom stereocenters. The van der Waals surface area contributed by atoms with E-state index in [9.17, 15) is 4.79 Å². The maximum Gasteiger partial charge on any atom is 0.274 e. The zero-order valence-corrected chi connectivity index (χ0v) is 18.0. The largest absolute Gasteiger partial charge is 0.379 e. The van der Waals surface area contributed by atoms with Gasteiger partial charge in [-0.1, -0.05) is 6.92 Å². The maximum absolute atomic E-state index is 13.2. The minimum absolute atomic E-state index is 0.157. The highest BCUT2D eigenvalue weighted by atomic mass is 16.5. The molecule has 7 heteroatoms. The number of nitrogens with one attached hydrogen (secondary N) is 1. The zero-order valence-electron chi connectivity index (χ0n) is 18.0. The van der Waals surface area contributed by atoms with E-state index in [-0.39, 0.29) is 5.91 Å². The number of aryl methyl sites for hydroxylation is 1. The fourth-order valence-corrected chi connectivity index (χ4v) is 4.93. The van der Waals surface area contributed by atoms with Crippen molar-refractivity contribution in [3.05, 3.63) is 17.0 Å². The highest BCUT2D eigenvalue weighted by Crippen LogP contribution is 2.27. The van der Waals surface area contributed by atoms with Crippen molar-refractivity contribution in [3.63, 3.8) is 0 Å². The predicted molar refractivity (Wildman–Crippen MR) is 113 cm³/mol. The Morgan fingerprint density at radius 1 is 1.14 bits per heavy atom. The molecule has 4 rings (SSSR count). The van der Waals surface area contributed by atoms with Crippen LogP contribution in [0.4, 0.5) is 0 Å². The Morgan fingerprint density at radius 3 is 2.69 bits per heavy atom. The Hall–Kier alpha value is -1.44. The average molecular weight is 404 g/mol. The van der Waals surface area contributed by atoms with E-state index in [4.69, 9.17) is 9.84 Å². The molecule has 1 N–H and O–H groups in total. The minimum atomic E-state index is 0.157. The van der Waals surface area contributed by atoms with Crippen molar-refractivity contribution in [1.82, 2.24) is 24.9 Å². The third-order valence-corrected chi connectivity index (χ3v) is 6.59. The normalized spacial score (nSPS) is 23.2. The molecular formula is C22H37N5O2. The monoisotopic (exact) mass is 403 g/mol. The summed E-state index contributed by atoms with van der Waals surface area (Å²) in [5.41, 5.74) is 3.25. The van der Waals surface area contributed by atoms with Crippen LogP contribution in [0, 0.1) is 0 Å². The van der Waals surface area contributed by atoms with Crippen LogP contribution in [0.2, 0.25) is 0 Å². The van der Waals surface area contributed by atoms with Gasteiger partial charge < -0.3 is 15.0 Å². The number of ether oxygens (including phenoxy) is 1. The second-order valence-electron chi connectivity index (χ2n) is 8.70. The van der Waals surface area contributed by atoms with Crippen molar-refractivity contribution in [3.8, 4) is 0 Å². The van der Waals surface area contributed by atoms with Gasteiger partial charge in [0, 0.05) is 63.1 Å². The molecule has 1 aromatic heterocycles. The van der Waals surface area contributed by atoms with E-state index in [2.05, 4.69) is 21.8 Å². The number of aromatic nitrogens is 2. The smallest absolute Gasteiger partial charge is 0.274 e. The first-order chi connectivity index (χ1) is 14.3. The highest BCUT2D eigenvalue weighted by molar-refractivity contribution is 5.94. The van der Waals surface area contributed by atoms with Gasteiger partial charge in [-0.3, -0.25) is 14.4 Å². The third-order valence-electron chi connectivity index (χ3n) is 6.59. The molecule has 1 aliphatic carbocycles. The summed E-state index contributed by atoms with van der Waals surface area (Å²) in [5.74, 6) is 0.157. The van der Waals surface area contributed by atoms with Crippen molar-refractivity contribution in [2.24, 2.45) is 0 Å². The molecule has 0 spiro atoms. The lowest BCUT2D eigenvalue weighted by atomic mass is 9.91. The Kier molecular flexibility index (Phi) is 7.21. The number of likely N-dealkylation sites (tertiary alicyclic amines) is 1. The lowest BCUT2D eigenvalue weighted by molar-refractivity contribution is 0.0381. The molecule has 0 saturated carbocycles. The molecule has 2 fully saturated rings. The minimum Gasteiger partial charge on any atom is -0.379 e. The number of hydrogen-bond donors (Lipinski definition) is 1. The van der Waals surface area contributed by atoms with Crippen LogP contribution in [0.15, 0.2) is 0 Å². The molecule has 2 saturated heterocycles. The fraction of sp³-hybridized carbons (Fsp3) is 0.818. The molecule has 3 aliphatic rings. The number of rotatable bonds is 7. The Morgan fingerprint density at radius 2 is 1.93 bits per heavy atom.